The highest BCUT2D eigenvalue weighted by Crippen LogP contribution is 2.25. The van der Waals surface area contributed by atoms with Crippen molar-refractivity contribution in [3.8, 4) is 0 Å². The first-order valence-electron chi connectivity index (χ1n) is 6.81. The maximum atomic E-state index is 12.4. The average Bonchev–Trinajstić information content (AvgIpc) is 2.74. The smallest absolute Gasteiger partial charge is 0.242 e. The molecule has 6 heteroatoms. The molecule has 1 fully saturated rings. The summed E-state index contributed by atoms with van der Waals surface area (Å²) >= 11 is 0. The van der Waals surface area contributed by atoms with Crippen LogP contribution in [-0.4, -0.2) is 19.0 Å². The van der Waals surface area contributed by atoms with Gasteiger partial charge in [0.25, 0.3) is 0 Å². The van der Waals surface area contributed by atoms with Gasteiger partial charge in [-0.1, -0.05) is 19.8 Å². The number of aromatic nitrogens is 1. The number of rotatable bonds is 4. The quantitative estimate of drug-likeness (QED) is 0.876. The third-order valence-electron chi connectivity index (χ3n) is 4.02. The van der Waals surface area contributed by atoms with Gasteiger partial charge < -0.3 is 10.3 Å². The summed E-state index contributed by atoms with van der Waals surface area (Å²) in [6, 6.07) is 1.70. The van der Waals surface area contributed by atoms with Crippen molar-refractivity contribution in [2.75, 3.05) is 0 Å². The second-order valence-corrected chi connectivity index (χ2v) is 7.19. The minimum atomic E-state index is -3.43. The van der Waals surface area contributed by atoms with E-state index < -0.39 is 10.0 Å². The Hall–Kier alpha value is -0.850. The van der Waals surface area contributed by atoms with Crippen LogP contribution in [0.25, 0.3) is 0 Å². The normalized spacial score (nSPS) is 24.6. The van der Waals surface area contributed by atoms with Gasteiger partial charge in [0.2, 0.25) is 10.0 Å². The van der Waals surface area contributed by atoms with E-state index in [2.05, 4.69) is 11.6 Å². The van der Waals surface area contributed by atoms with Crippen molar-refractivity contribution in [3.63, 3.8) is 0 Å². The molecule has 5 nitrogen and oxygen atoms in total. The molecule has 2 unspecified atom stereocenters. The fourth-order valence-corrected chi connectivity index (χ4v) is 4.16. The van der Waals surface area contributed by atoms with E-state index in [9.17, 15) is 8.42 Å². The van der Waals surface area contributed by atoms with Crippen molar-refractivity contribution in [2.45, 2.75) is 50.1 Å². The van der Waals surface area contributed by atoms with Gasteiger partial charge in [0, 0.05) is 31.5 Å². The fraction of sp³-hybridized carbons (Fsp3) is 0.692. The Kier molecular flexibility index (Phi) is 4.32. The molecule has 0 spiro atoms. The molecule has 2 atom stereocenters. The molecule has 1 aliphatic carbocycles. The van der Waals surface area contributed by atoms with Crippen molar-refractivity contribution >= 4 is 10.0 Å². The number of sulfonamides is 1. The van der Waals surface area contributed by atoms with Crippen molar-refractivity contribution < 1.29 is 8.42 Å². The molecule has 0 radical (unpaired) electrons. The molecule has 0 bridgehead atoms. The largest absolute Gasteiger partial charge is 0.352 e. The van der Waals surface area contributed by atoms with E-state index in [0.29, 0.717) is 17.4 Å². The number of nitrogens with one attached hydrogen (secondary N) is 1. The highest BCUT2D eigenvalue weighted by molar-refractivity contribution is 7.89. The van der Waals surface area contributed by atoms with Crippen molar-refractivity contribution in [1.29, 1.82) is 0 Å². The first kappa shape index (κ1) is 14.6. The van der Waals surface area contributed by atoms with E-state index in [1.54, 1.807) is 16.8 Å². The molecule has 0 aliphatic heterocycles. The first-order chi connectivity index (χ1) is 8.94. The summed E-state index contributed by atoms with van der Waals surface area (Å²) in [5.74, 6) is 0.404. The van der Waals surface area contributed by atoms with Gasteiger partial charge in [-0.3, -0.25) is 0 Å². The van der Waals surface area contributed by atoms with Crippen LogP contribution in [-0.2, 0) is 23.6 Å². The summed E-state index contributed by atoms with van der Waals surface area (Å²) in [6.07, 6.45) is 5.94. The van der Waals surface area contributed by atoms with Crippen LogP contribution in [0.1, 0.15) is 38.3 Å². The molecule has 0 saturated heterocycles. The maximum Gasteiger partial charge on any atom is 0.242 e. The molecule has 1 aliphatic rings. The van der Waals surface area contributed by atoms with E-state index in [-0.39, 0.29) is 6.04 Å². The zero-order valence-corrected chi connectivity index (χ0v) is 12.4. The molecule has 1 aromatic heterocycles. The van der Waals surface area contributed by atoms with Crippen LogP contribution in [0, 0.1) is 5.92 Å². The fourth-order valence-electron chi connectivity index (χ4n) is 2.69. The number of aryl methyl sites for hydroxylation is 1. The number of nitrogens with zero attached hydrogens (tertiary/aromatic N) is 1. The van der Waals surface area contributed by atoms with E-state index in [1.165, 1.54) is 6.42 Å². The molecule has 2 rings (SSSR count). The Morgan fingerprint density at radius 1 is 1.42 bits per heavy atom. The second kappa shape index (κ2) is 5.64. The minimum Gasteiger partial charge on any atom is -0.352 e. The number of hydrogen-bond acceptors (Lipinski definition) is 3. The van der Waals surface area contributed by atoms with E-state index >= 15 is 0 Å². The lowest BCUT2D eigenvalue weighted by atomic mass is 9.87. The van der Waals surface area contributed by atoms with Gasteiger partial charge in [-0.25, -0.2) is 13.1 Å². The summed E-state index contributed by atoms with van der Waals surface area (Å²) in [5.41, 5.74) is 6.39. The predicted molar refractivity (Wildman–Crippen MR) is 75.0 cm³/mol. The predicted octanol–water partition coefficient (Wildman–Crippen LogP) is 1.34. The molecule has 1 aromatic rings. The zero-order valence-electron chi connectivity index (χ0n) is 11.6. The van der Waals surface area contributed by atoms with Crippen molar-refractivity contribution in [2.24, 2.45) is 18.7 Å². The first-order valence-corrected chi connectivity index (χ1v) is 8.30. The lowest BCUT2D eigenvalue weighted by Crippen LogP contribution is -2.40. The summed E-state index contributed by atoms with van der Waals surface area (Å²) in [5, 5.41) is 0. The number of nitrogens with two attached hydrogens (primary N) is 1. The van der Waals surface area contributed by atoms with Crippen LogP contribution in [0.15, 0.2) is 17.2 Å². The lowest BCUT2D eigenvalue weighted by Gasteiger charge is -2.29. The molecule has 108 valence electrons. The zero-order chi connectivity index (χ0) is 14.0. The molecule has 0 amide bonds. The standard InChI is InChI=1S/C13H23N3O2S/c1-10-5-3-4-6-13(10)15-19(17,18)12-7-11(8-14)16(2)9-12/h7,9-10,13,15H,3-6,8,14H2,1-2H3. The number of hydrogen-bond donors (Lipinski definition) is 2. The average molecular weight is 285 g/mol. The Morgan fingerprint density at radius 2 is 2.11 bits per heavy atom. The molecular formula is C13H23N3O2S. The molecule has 3 N–H and O–H groups in total. The van der Waals surface area contributed by atoms with Crippen molar-refractivity contribution in [3.05, 3.63) is 18.0 Å². The Morgan fingerprint density at radius 3 is 2.68 bits per heavy atom. The third kappa shape index (κ3) is 3.19. The maximum absolute atomic E-state index is 12.4. The molecule has 1 saturated carbocycles. The molecular weight excluding hydrogens is 262 g/mol. The van der Waals surface area contributed by atoms with Gasteiger partial charge in [0.05, 0.1) is 4.90 Å². The third-order valence-corrected chi connectivity index (χ3v) is 5.48. The summed E-state index contributed by atoms with van der Waals surface area (Å²) in [7, 11) is -1.62. The van der Waals surface area contributed by atoms with Crippen LogP contribution in [0.3, 0.4) is 0 Å². The Bertz CT molecular complexity index is 536. The highest BCUT2D eigenvalue weighted by Gasteiger charge is 2.27. The lowest BCUT2D eigenvalue weighted by molar-refractivity contribution is 0.310. The SMILES string of the molecule is CC1CCCCC1NS(=O)(=O)c1cc(CN)n(C)c1. The Balaban J connectivity index is 2.17. The van der Waals surface area contributed by atoms with Crippen molar-refractivity contribution in [1.82, 2.24) is 9.29 Å². The monoisotopic (exact) mass is 285 g/mol. The second-order valence-electron chi connectivity index (χ2n) is 5.47. The van der Waals surface area contributed by atoms with Crippen LogP contribution in [0.5, 0.6) is 0 Å². The van der Waals surface area contributed by atoms with E-state index in [4.69, 9.17) is 5.73 Å². The van der Waals surface area contributed by atoms with Gasteiger partial charge in [0.1, 0.15) is 0 Å². The van der Waals surface area contributed by atoms with Gasteiger partial charge in [-0.2, -0.15) is 0 Å². The van der Waals surface area contributed by atoms with Crippen LogP contribution < -0.4 is 10.5 Å². The topological polar surface area (TPSA) is 77.1 Å². The van der Waals surface area contributed by atoms with Crippen LogP contribution in [0.2, 0.25) is 0 Å². The van der Waals surface area contributed by atoms with Gasteiger partial charge in [0.15, 0.2) is 0 Å². The summed E-state index contributed by atoms with van der Waals surface area (Å²) in [4.78, 5) is 0.313. The van der Waals surface area contributed by atoms with Gasteiger partial charge in [-0.05, 0) is 24.8 Å². The van der Waals surface area contributed by atoms with Gasteiger partial charge >= 0.3 is 0 Å². The van der Waals surface area contributed by atoms with Crippen LogP contribution >= 0.6 is 0 Å². The Labute approximate surface area is 115 Å². The minimum absolute atomic E-state index is 0.0558. The summed E-state index contributed by atoms with van der Waals surface area (Å²) < 4.78 is 29.3. The summed E-state index contributed by atoms with van der Waals surface area (Å²) in [6.45, 7) is 2.45. The molecule has 0 aromatic carbocycles. The highest BCUT2D eigenvalue weighted by atomic mass is 32.2. The van der Waals surface area contributed by atoms with E-state index in [1.807, 2.05) is 7.05 Å². The van der Waals surface area contributed by atoms with Crippen LogP contribution in [0.4, 0.5) is 0 Å². The van der Waals surface area contributed by atoms with Gasteiger partial charge in [-0.15, -0.1) is 0 Å². The van der Waals surface area contributed by atoms with E-state index in [0.717, 1.165) is 25.0 Å². The molecule has 19 heavy (non-hydrogen) atoms. The molecule has 1 heterocycles.